The second-order valence-corrected chi connectivity index (χ2v) is 9.74. The van der Waals surface area contributed by atoms with Crippen LogP contribution in [0.5, 0.6) is 0 Å². The molecule has 4 aromatic rings. The van der Waals surface area contributed by atoms with Crippen LogP contribution < -0.4 is 10.2 Å². The van der Waals surface area contributed by atoms with Crippen molar-refractivity contribution in [1.29, 1.82) is 0 Å². The number of hydrogen-bond acceptors (Lipinski definition) is 2. The summed E-state index contributed by atoms with van der Waals surface area (Å²) in [7, 11) is 0. The summed E-state index contributed by atoms with van der Waals surface area (Å²) in [5.41, 5.74) is 7.34. The monoisotopic (exact) mass is 506 g/mol. The standard InChI is InChI=1S/C27H24Cl2N4S/c1-16-10-12-19(13-11-16)33-26(25(31-27(33)34)22-8-4-5-14-30-22)20-15-17(2)32(18(20)3)23-9-6-7-21(28)24(23)29/h4-15,25-26H,1-3H3,(H,31,34). The molecule has 0 spiro atoms. The van der Waals surface area contributed by atoms with E-state index in [0.29, 0.717) is 15.2 Å². The summed E-state index contributed by atoms with van der Waals surface area (Å²) in [5, 5.41) is 5.28. The fourth-order valence-electron chi connectivity index (χ4n) is 4.78. The van der Waals surface area contributed by atoms with E-state index in [1.807, 2.05) is 36.5 Å². The summed E-state index contributed by atoms with van der Waals surface area (Å²) >= 11 is 18.8. The number of aryl methyl sites for hydroxylation is 2. The smallest absolute Gasteiger partial charge is 0.174 e. The number of nitrogens with one attached hydrogen (secondary N) is 1. The molecule has 2 aromatic heterocycles. The lowest BCUT2D eigenvalue weighted by molar-refractivity contribution is 0.565. The maximum atomic E-state index is 6.62. The number of rotatable bonds is 4. The Kier molecular flexibility index (Phi) is 6.11. The third-order valence-electron chi connectivity index (χ3n) is 6.37. The minimum atomic E-state index is -0.112. The van der Waals surface area contributed by atoms with Gasteiger partial charge in [-0.25, -0.2) is 0 Å². The van der Waals surface area contributed by atoms with Gasteiger partial charge in [0.15, 0.2) is 5.11 Å². The molecule has 0 aliphatic carbocycles. The van der Waals surface area contributed by atoms with Crippen molar-refractivity contribution in [3.8, 4) is 5.69 Å². The highest BCUT2D eigenvalue weighted by molar-refractivity contribution is 7.80. The first-order chi connectivity index (χ1) is 16.4. The van der Waals surface area contributed by atoms with Gasteiger partial charge < -0.3 is 14.8 Å². The van der Waals surface area contributed by atoms with Gasteiger partial charge in [-0.3, -0.25) is 4.98 Å². The number of benzene rings is 2. The Hall–Kier alpha value is -2.86. The molecule has 1 fully saturated rings. The van der Waals surface area contributed by atoms with E-state index in [2.05, 4.69) is 70.9 Å². The van der Waals surface area contributed by atoms with Crippen LogP contribution in [-0.4, -0.2) is 14.7 Å². The number of pyridine rings is 1. The zero-order valence-electron chi connectivity index (χ0n) is 19.1. The predicted molar refractivity (Wildman–Crippen MR) is 144 cm³/mol. The summed E-state index contributed by atoms with van der Waals surface area (Å²) in [6, 6.07) is 22.1. The minimum absolute atomic E-state index is 0.0944. The molecule has 7 heteroatoms. The van der Waals surface area contributed by atoms with Crippen LogP contribution in [0.1, 0.15) is 40.3 Å². The number of nitrogens with zero attached hydrogens (tertiary/aromatic N) is 3. The molecule has 4 nitrogen and oxygen atoms in total. The molecule has 2 aromatic carbocycles. The molecule has 0 saturated carbocycles. The average Bonchev–Trinajstić information content (AvgIpc) is 3.32. The summed E-state index contributed by atoms with van der Waals surface area (Å²) in [4.78, 5) is 6.86. The normalized spacial score (nSPS) is 17.8. The molecular formula is C27H24Cl2N4S. The largest absolute Gasteiger partial charge is 0.351 e. The van der Waals surface area contributed by atoms with Crippen LogP contribution in [0.3, 0.4) is 0 Å². The molecule has 0 radical (unpaired) electrons. The first kappa shape index (κ1) is 22.9. The van der Waals surface area contributed by atoms with Crippen molar-refractivity contribution in [3.63, 3.8) is 0 Å². The number of aromatic nitrogens is 2. The molecule has 5 rings (SSSR count). The number of halogens is 2. The summed E-state index contributed by atoms with van der Waals surface area (Å²) < 4.78 is 2.16. The van der Waals surface area contributed by atoms with Gasteiger partial charge in [0.2, 0.25) is 0 Å². The van der Waals surface area contributed by atoms with Crippen LogP contribution in [0.25, 0.3) is 5.69 Å². The topological polar surface area (TPSA) is 33.1 Å². The molecule has 2 unspecified atom stereocenters. The third kappa shape index (κ3) is 3.88. The Labute approximate surface area is 215 Å². The van der Waals surface area contributed by atoms with Crippen LogP contribution in [0.15, 0.2) is 72.9 Å². The first-order valence-corrected chi connectivity index (χ1v) is 12.2. The van der Waals surface area contributed by atoms with Crippen molar-refractivity contribution >= 4 is 46.2 Å². The molecule has 0 bridgehead atoms. The molecule has 0 amide bonds. The van der Waals surface area contributed by atoms with Gasteiger partial charge in [0.1, 0.15) is 0 Å². The molecule has 2 atom stereocenters. The van der Waals surface area contributed by atoms with Crippen molar-refractivity contribution in [2.45, 2.75) is 32.9 Å². The Morgan fingerprint density at radius 2 is 1.71 bits per heavy atom. The Balaban J connectivity index is 1.70. The summed E-state index contributed by atoms with van der Waals surface area (Å²) in [6.07, 6.45) is 1.82. The minimum Gasteiger partial charge on any atom is -0.351 e. The third-order valence-corrected chi connectivity index (χ3v) is 7.49. The molecular weight excluding hydrogens is 483 g/mol. The molecule has 34 heavy (non-hydrogen) atoms. The van der Waals surface area contributed by atoms with Gasteiger partial charge in [-0.15, -0.1) is 0 Å². The highest BCUT2D eigenvalue weighted by Crippen LogP contribution is 2.44. The Morgan fingerprint density at radius 1 is 0.941 bits per heavy atom. The maximum Gasteiger partial charge on any atom is 0.174 e. The van der Waals surface area contributed by atoms with Crippen molar-refractivity contribution in [3.05, 3.63) is 111 Å². The van der Waals surface area contributed by atoms with E-state index in [-0.39, 0.29) is 12.1 Å². The predicted octanol–water partition coefficient (Wildman–Crippen LogP) is 7.28. The van der Waals surface area contributed by atoms with Gasteiger partial charge in [0.25, 0.3) is 0 Å². The van der Waals surface area contributed by atoms with E-state index in [1.54, 1.807) is 6.07 Å². The maximum absolute atomic E-state index is 6.62. The molecule has 3 heterocycles. The van der Waals surface area contributed by atoms with Gasteiger partial charge in [-0.2, -0.15) is 0 Å². The van der Waals surface area contributed by atoms with Crippen LogP contribution in [0.4, 0.5) is 5.69 Å². The van der Waals surface area contributed by atoms with E-state index >= 15 is 0 Å². The lowest BCUT2D eigenvalue weighted by atomic mass is 9.96. The lowest BCUT2D eigenvalue weighted by Gasteiger charge is -2.28. The average molecular weight is 507 g/mol. The zero-order valence-corrected chi connectivity index (χ0v) is 21.4. The second-order valence-electron chi connectivity index (χ2n) is 8.57. The zero-order chi connectivity index (χ0) is 24.0. The molecule has 1 saturated heterocycles. The summed E-state index contributed by atoms with van der Waals surface area (Å²) in [6.45, 7) is 6.28. The Bertz CT molecular complexity index is 1370. The van der Waals surface area contributed by atoms with Gasteiger partial charge in [0, 0.05) is 23.3 Å². The molecule has 172 valence electrons. The van der Waals surface area contributed by atoms with Gasteiger partial charge in [-0.05, 0) is 81.0 Å². The molecule has 1 aliphatic rings. The number of anilines is 1. The van der Waals surface area contributed by atoms with Crippen LogP contribution in [-0.2, 0) is 0 Å². The van der Waals surface area contributed by atoms with Crippen molar-refractivity contribution < 1.29 is 0 Å². The second kappa shape index (κ2) is 9.06. The van der Waals surface area contributed by atoms with Crippen molar-refractivity contribution in [2.75, 3.05) is 4.90 Å². The SMILES string of the molecule is Cc1ccc(N2C(=S)NC(c3ccccn3)C2c2cc(C)n(-c3cccc(Cl)c3Cl)c2C)cc1. The van der Waals surface area contributed by atoms with E-state index in [4.69, 9.17) is 35.4 Å². The molecule has 1 aliphatic heterocycles. The number of hydrogen-bond donors (Lipinski definition) is 1. The molecule has 1 N–H and O–H groups in total. The van der Waals surface area contributed by atoms with Gasteiger partial charge >= 0.3 is 0 Å². The van der Waals surface area contributed by atoms with E-state index in [9.17, 15) is 0 Å². The van der Waals surface area contributed by atoms with Crippen LogP contribution in [0, 0.1) is 20.8 Å². The van der Waals surface area contributed by atoms with Gasteiger partial charge in [0.05, 0.1) is 33.5 Å². The van der Waals surface area contributed by atoms with E-state index in [1.165, 1.54) is 5.56 Å². The fourth-order valence-corrected chi connectivity index (χ4v) is 5.50. The van der Waals surface area contributed by atoms with Crippen molar-refractivity contribution in [2.24, 2.45) is 0 Å². The first-order valence-electron chi connectivity index (χ1n) is 11.1. The van der Waals surface area contributed by atoms with Crippen LogP contribution >= 0.6 is 35.4 Å². The highest BCUT2D eigenvalue weighted by Gasteiger charge is 2.42. The number of thiocarbonyl (C=S) groups is 1. The lowest BCUT2D eigenvalue weighted by Crippen LogP contribution is -2.29. The quantitative estimate of drug-likeness (QED) is 0.294. The Morgan fingerprint density at radius 3 is 2.41 bits per heavy atom. The fraction of sp³-hybridized carbons (Fsp3) is 0.185. The summed E-state index contributed by atoms with van der Waals surface area (Å²) in [5.74, 6) is 0. The highest BCUT2D eigenvalue weighted by atomic mass is 35.5. The van der Waals surface area contributed by atoms with Gasteiger partial charge in [-0.1, -0.05) is 53.0 Å². The van der Waals surface area contributed by atoms with E-state index in [0.717, 1.165) is 34.0 Å². The van der Waals surface area contributed by atoms with E-state index < -0.39 is 0 Å². The van der Waals surface area contributed by atoms with Crippen molar-refractivity contribution in [1.82, 2.24) is 14.9 Å². The van der Waals surface area contributed by atoms with Crippen LogP contribution in [0.2, 0.25) is 10.0 Å².